The lowest BCUT2D eigenvalue weighted by Gasteiger charge is -2.26. The minimum Gasteiger partial charge on any atom is -0.391 e. The van der Waals surface area contributed by atoms with E-state index in [-0.39, 0.29) is 12.6 Å². The second-order valence-corrected chi connectivity index (χ2v) is 8.39. The lowest BCUT2D eigenvalue weighted by atomic mass is 9.88. The fourth-order valence-electron chi connectivity index (χ4n) is 2.53. The number of sulfonamides is 1. The molecule has 19 heavy (non-hydrogen) atoms. The Balaban J connectivity index is 2.11. The summed E-state index contributed by atoms with van der Waals surface area (Å²) >= 11 is 1.33. The van der Waals surface area contributed by atoms with Crippen LogP contribution in [0.25, 0.3) is 0 Å². The number of aliphatic hydroxyl groups is 1. The van der Waals surface area contributed by atoms with Gasteiger partial charge in [-0.3, -0.25) is 0 Å². The Hall–Kier alpha value is -0.430. The molecule has 0 bridgehead atoms. The normalized spacial score (nSPS) is 24.6. The van der Waals surface area contributed by atoms with E-state index in [1.54, 1.807) is 13.0 Å². The lowest BCUT2D eigenvalue weighted by Crippen LogP contribution is -2.37. The summed E-state index contributed by atoms with van der Waals surface area (Å²) < 4.78 is 27.5. The van der Waals surface area contributed by atoms with Crippen molar-refractivity contribution < 1.29 is 13.5 Å². The van der Waals surface area contributed by atoms with Crippen LogP contribution < -0.4 is 4.72 Å². The molecule has 1 saturated carbocycles. The molecule has 0 radical (unpaired) electrons. The van der Waals surface area contributed by atoms with Gasteiger partial charge in [0.25, 0.3) is 0 Å². The second-order valence-electron chi connectivity index (χ2n) is 5.37. The summed E-state index contributed by atoms with van der Waals surface area (Å²) in [7, 11) is -3.45. The molecule has 2 rings (SSSR count). The van der Waals surface area contributed by atoms with Crippen molar-refractivity contribution in [3.8, 4) is 0 Å². The average molecular weight is 303 g/mol. The highest BCUT2D eigenvalue weighted by atomic mass is 32.2. The van der Waals surface area contributed by atoms with E-state index in [1.807, 2.05) is 0 Å². The van der Waals surface area contributed by atoms with Gasteiger partial charge in [0.1, 0.15) is 0 Å². The van der Waals surface area contributed by atoms with Crippen LogP contribution in [0.4, 0.5) is 0 Å². The van der Waals surface area contributed by atoms with Crippen LogP contribution in [0.15, 0.2) is 11.0 Å². The van der Waals surface area contributed by atoms with E-state index in [0.717, 1.165) is 30.6 Å². The second kappa shape index (κ2) is 5.91. The Morgan fingerprint density at radius 1 is 1.37 bits per heavy atom. The maximum Gasteiger partial charge on any atom is 0.241 e. The molecule has 0 unspecified atom stereocenters. The van der Waals surface area contributed by atoms with Crippen molar-refractivity contribution in [2.24, 2.45) is 5.92 Å². The maximum atomic E-state index is 12.3. The number of nitrogens with one attached hydrogen (secondary N) is 1. The summed E-state index contributed by atoms with van der Waals surface area (Å²) in [5, 5.41) is 9.09. The van der Waals surface area contributed by atoms with Crippen LogP contribution in [0, 0.1) is 12.8 Å². The van der Waals surface area contributed by atoms with E-state index < -0.39 is 10.0 Å². The molecule has 1 aliphatic rings. The first-order chi connectivity index (χ1) is 8.92. The van der Waals surface area contributed by atoms with Crippen LogP contribution in [0.1, 0.15) is 42.4 Å². The average Bonchev–Trinajstić information content (AvgIpc) is 2.74. The van der Waals surface area contributed by atoms with E-state index in [9.17, 15) is 8.42 Å². The van der Waals surface area contributed by atoms with Crippen molar-refractivity contribution in [1.82, 2.24) is 4.72 Å². The molecular weight excluding hydrogens is 282 g/mol. The standard InChI is InChI=1S/C13H21NO3S2/c1-9-3-5-11(6-4-9)14-19(16,17)13-7-12(8-15)18-10(13)2/h7,9,11,14-15H,3-6,8H2,1-2H3. The third kappa shape index (κ3) is 3.56. The molecule has 1 heterocycles. The van der Waals surface area contributed by atoms with Crippen molar-refractivity contribution in [2.45, 2.75) is 57.1 Å². The van der Waals surface area contributed by atoms with Crippen LogP contribution in [0.5, 0.6) is 0 Å². The van der Waals surface area contributed by atoms with E-state index in [0.29, 0.717) is 15.7 Å². The Morgan fingerprint density at radius 2 is 2.00 bits per heavy atom. The lowest BCUT2D eigenvalue weighted by molar-refractivity contribution is 0.285. The van der Waals surface area contributed by atoms with Gasteiger partial charge in [-0.2, -0.15) is 0 Å². The van der Waals surface area contributed by atoms with Crippen LogP contribution in [-0.2, 0) is 16.6 Å². The molecule has 0 saturated heterocycles. The van der Waals surface area contributed by atoms with Gasteiger partial charge in [-0.25, -0.2) is 13.1 Å². The first kappa shape index (κ1) is 15.0. The van der Waals surface area contributed by atoms with Crippen molar-refractivity contribution in [3.63, 3.8) is 0 Å². The van der Waals surface area contributed by atoms with E-state index in [1.165, 1.54) is 11.3 Å². The molecule has 0 spiro atoms. The Bertz CT molecular complexity index is 528. The number of aryl methyl sites for hydroxylation is 1. The zero-order chi connectivity index (χ0) is 14.0. The first-order valence-electron chi connectivity index (χ1n) is 6.65. The SMILES string of the molecule is Cc1sc(CO)cc1S(=O)(=O)NC1CCC(C)CC1. The molecule has 6 heteroatoms. The quantitative estimate of drug-likeness (QED) is 0.897. The van der Waals surface area contributed by atoms with E-state index >= 15 is 0 Å². The summed E-state index contributed by atoms with van der Waals surface area (Å²) in [5.41, 5.74) is 0. The molecule has 108 valence electrons. The summed E-state index contributed by atoms with van der Waals surface area (Å²) in [4.78, 5) is 1.75. The predicted octanol–water partition coefficient (Wildman–Crippen LogP) is 2.41. The fourth-order valence-corrected chi connectivity index (χ4v) is 5.33. The number of hydrogen-bond acceptors (Lipinski definition) is 4. The van der Waals surface area contributed by atoms with E-state index in [4.69, 9.17) is 5.11 Å². The third-order valence-corrected chi connectivity index (χ3v) is 6.52. The van der Waals surface area contributed by atoms with Gasteiger partial charge < -0.3 is 5.11 Å². The molecule has 1 fully saturated rings. The highest BCUT2D eigenvalue weighted by Gasteiger charge is 2.26. The van der Waals surface area contributed by atoms with Crippen LogP contribution >= 0.6 is 11.3 Å². The minimum absolute atomic E-state index is 0.0538. The van der Waals surface area contributed by atoms with Crippen LogP contribution in [0.3, 0.4) is 0 Å². The fraction of sp³-hybridized carbons (Fsp3) is 0.692. The number of rotatable bonds is 4. The monoisotopic (exact) mass is 303 g/mol. The number of hydrogen-bond donors (Lipinski definition) is 2. The van der Waals surface area contributed by atoms with Crippen molar-refractivity contribution in [3.05, 3.63) is 15.8 Å². The zero-order valence-electron chi connectivity index (χ0n) is 11.3. The summed E-state index contributed by atoms with van der Waals surface area (Å²) in [6, 6.07) is 1.63. The smallest absolute Gasteiger partial charge is 0.241 e. The maximum absolute atomic E-state index is 12.3. The highest BCUT2D eigenvalue weighted by Crippen LogP contribution is 2.28. The third-order valence-electron chi connectivity index (χ3n) is 3.71. The van der Waals surface area contributed by atoms with Gasteiger partial charge in [-0.05, 0) is 44.6 Å². The minimum atomic E-state index is -3.45. The van der Waals surface area contributed by atoms with E-state index in [2.05, 4.69) is 11.6 Å². The molecule has 1 aliphatic carbocycles. The number of thiophene rings is 1. The molecule has 1 aromatic rings. The highest BCUT2D eigenvalue weighted by molar-refractivity contribution is 7.89. The largest absolute Gasteiger partial charge is 0.391 e. The molecule has 0 aliphatic heterocycles. The van der Waals surface area contributed by atoms with Gasteiger partial charge >= 0.3 is 0 Å². The summed E-state index contributed by atoms with van der Waals surface area (Å²) in [6.07, 6.45) is 3.99. The van der Waals surface area contributed by atoms with Crippen LogP contribution in [0.2, 0.25) is 0 Å². The van der Waals surface area contributed by atoms with Crippen LogP contribution in [-0.4, -0.2) is 19.6 Å². The molecule has 4 nitrogen and oxygen atoms in total. The molecular formula is C13H21NO3S2. The van der Waals surface area contributed by atoms with Crippen molar-refractivity contribution >= 4 is 21.4 Å². The topological polar surface area (TPSA) is 66.4 Å². The zero-order valence-corrected chi connectivity index (χ0v) is 13.0. The van der Waals surface area contributed by atoms with Gasteiger partial charge in [0.05, 0.1) is 11.5 Å². The van der Waals surface area contributed by atoms with Gasteiger partial charge in [0, 0.05) is 15.8 Å². The van der Waals surface area contributed by atoms with Gasteiger partial charge in [0.15, 0.2) is 0 Å². The van der Waals surface area contributed by atoms with Gasteiger partial charge in [-0.15, -0.1) is 11.3 Å². The van der Waals surface area contributed by atoms with Gasteiger partial charge in [-0.1, -0.05) is 6.92 Å². The summed E-state index contributed by atoms with van der Waals surface area (Å²) in [6.45, 7) is 3.88. The molecule has 1 aromatic heterocycles. The predicted molar refractivity (Wildman–Crippen MR) is 76.7 cm³/mol. The Labute approximate surface area is 118 Å². The first-order valence-corrected chi connectivity index (χ1v) is 8.95. The van der Waals surface area contributed by atoms with Gasteiger partial charge in [0.2, 0.25) is 10.0 Å². The molecule has 0 aromatic carbocycles. The molecule has 2 N–H and O–H groups in total. The Kier molecular flexibility index (Phi) is 4.66. The molecule has 0 atom stereocenters. The number of aliphatic hydroxyl groups excluding tert-OH is 1. The van der Waals surface area contributed by atoms with Crippen molar-refractivity contribution in [1.29, 1.82) is 0 Å². The Morgan fingerprint density at radius 3 is 2.53 bits per heavy atom. The van der Waals surface area contributed by atoms with Crippen molar-refractivity contribution in [2.75, 3.05) is 0 Å². The molecule has 0 amide bonds. The summed E-state index contributed by atoms with van der Waals surface area (Å²) in [5.74, 6) is 0.699.